The predicted molar refractivity (Wildman–Crippen MR) is 103 cm³/mol. The van der Waals surface area contributed by atoms with Gasteiger partial charge in [-0.05, 0) is 30.2 Å². The normalized spacial score (nSPS) is 11.1. The summed E-state index contributed by atoms with van der Waals surface area (Å²) in [7, 11) is 0. The maximum atomic E-state index is 13.3. The Labute approximate surface area is 155 Å². The molecule has 2 aromatic heterocycles. The van der Waals surface area contributed by atoms with Crippen LogP contribution in [0.1, 0.15) is 16.8 Å². The third kappa shape index (κ3) is 3.37. The lowest BCUT2D eigenvalue weighted by Gasteiger charge is -2.07. The van der Waals surface area contributed by atoms with Gasteiger partial charge in [-0.2, -0.15) is 5.10 Å². The van der Waals surface area contributed by atoms with E-state index in [4.69, 9.17) is 5.73 Å². The molecule has 0 fully saturated rings. The number of anilines is 1. The molecule has 27 heavy (non-hydrogen) atoms. The van der Waals surface area contributed by atoms with E-state index in [1.54, 1.807) is 12.3 Å². The maximum Gasteiger partial charge on any atom is 0.186 e. The highest BCUT2D eigenvalue weighted by Crippen LogP contribution is 2.31. The molecule has 0 aliphatic rings. The first-order chi connectivity index (χ1) is 13.2. The van der Waals surface area contributed by atoms with Crippen molar-refractivity contribution in [3.05, 3.63) is 71.3 Å². The van der Waals surface area contributed by atoms with Crippen LogP contribution in [0, 0.1) is 12.7 Å². The fourth-order valence-corrected chi connectivity index (χ4v) is 3.20. The number of halogens is 1. The second kappa shape index (κ2) is 7.13. The third-order valence-corrected chi connectivity index (χ3v) is 4.47. The molecule has 0 amide bonds. The van der Waals surface area contributed by atoms with Crippen molar-refractivity contribution in [3.8, 4) is 11.4 Å². The molecule has 0 aliphatic heterocycles. The van der Waals surface area contributed by atoms with Crippen LogP contribution in [0.3, 0.4) is 0 Å². The quantitative estimate of drug-likeness (QED) is 0.505. The smallest absolute Gasteiger partial charge is 0.186 e. The molecule has 4 N–H and O–H groups in total. The summed E-state index contributed by atoms with van der Waals surface area (Å²) in [6.45, 7) is 2.87. The molecule has 4 rings (SSSR count). The van der Waals surface area contributed by atoms with Gasteiger partial charge < -0.3 is 16.0 Å². The Morgan fingerprint density at radius 3 is 2.85 bits per heavy atom. The number of aryl methyl sites for hydroxylation is 1. The van der Waals surface area contributed by atoms with Gasteiger partial charge in [0.15, 0.2) is 5.82 Å². The van der Waals surface area contributed by atoms with Crippen LogP contribution < -0.4 is 11.1 Å². The summed E-state index contributed by atoms with van der Waals surface area (Å²) in [5, 5.41) is 12.5. The minimum absolute atomic E-state index is 0.263. The number of hydrogen-bond donors (Lipinski definition) is 3. The zero-order valence-electron chi connectivity index (χ0n) is 14.8. The summed E-state index contributed by atoms with van der Waals surface area (Å²) < 4.78 is 13.3. The number of fused-ring (bicyclic) bond motifs is 1. The molecule has 0 radical (unpaired) electrons. The molecule has 0 saturated heterocycles. The van der Waals surface area contributed by atoms with Gasteiger partial charge in [0.2, 0.25) is 0 Å². The Morgan fingerprint density at radius 2 is 2.04 bits per heavy atom. The molecular formula is C20H19FN6. The van der Waals surface area contributed by atoms with E-state index in [9.17, 15) is 4.39 Å². The van der Waals surface area contributed by atoms with Gasteiger partial charge >= 0.3 is 0 Å². The lowest BCUT2D eigenvalue weighted by atomic mass is 10.1. The van der Waals surface area contributed by atoms with Gasteiger partial charge in [-0.3, -0.25) is 0 Å². The number of aromatic amines is 1. The van der Waals surface area contributed by atoms with E-state index in [1.165, 1.54) is 12.1 Å². The fraction of sp³-hybridized carbons (Fsp3) is 0.150. The summed E-state index contributed by atoms with van der Waals surface area (Å²) >= 11 is 0. The van der Waals surface area contributed by atoms with Crippen LogP contribution >= 0.6 is 0 Å². The number of nitrogens with one attached hydrogen (secondary N) is 2. The molecule has 0 aliphatic carbocycles. The van der Waals surface area contributed by atoms with Crippen molar-refractivity contribution < 1.29 is 4.39 Å². The molecule has 0 unspecified atom stereocenters. The Bertz CT molecular complexity index is 1100. The molecule has 7 heteroatoms. The highest BCUT2D eigenvalue weighted by Gasteiger charge is 2.15. The molecule has 6 nitrogen and oxygen atoms in total. The summed E-state index contributed by atoms with van der Waals surface area (Å²) in [6, 6.07) is 12.4. The van der Waals surface area contributed by atoms with E-state index in [-0.39, 0.29) is 5.82 Å². The number of hydrogen-bond acceptors (Lipinski definition) is 5. The van der Waals surface area contributed by atoms with E-state index < -0.39 is 0 Å². The van der Waals surface area contributed by atoms with Gasteiger partial charge in [-0.1, -0.05) is 30.3 Å². The number of H-pyrrole nitrogens is 1. The average molecular weight is 362 g/mol. The average Bonchev–Trinajstić information content (AvgIpc) is 3.02. The minimum Gasteiger partial charge on any atom is -0.365 e. The lowest BCUT2D eigenvalue weighted by Crippen LogP contribution is -2.04. The standard InChI is InChI=1S/C20H19FN6/c1-12-18(16-7-3-5-14(9-22)19(16)25-12)20-26-17(11-24-27-20)23-10-13-4-2-6-15(21)8-13/h2-8,11,25H,9-10,22H2,1H3,(H,23,26,27). The number of benzene rings is 2. The zero-order chi connectivity index (χ0) is 18.8. The SMILES string of the molecule is Cc1[nH]c2c(CN)cccc2c1-c1nncc(NCc2cccc(F)c2)n1. The first-order valence-electron chi connectivity index (χ1n) is 8.64. The van der Waals surface area contributed by atoms with E-state index in [1.807, 2.05) is 31.2 Å². The summed E-state index contributed by atoms with van der Waals surface area (Å²) in [5.41, 5.74) is 10.6. The lowest BCUT2D eigenvalue weighted by molar-refractivity contribution is 0.626. The topological polar surface area (TPSA) is 92.5 Å². The molecule has 0 saturated carbocycles. The van der Waals surface area contributed by atoms with Crippen molar-refractivity contribution >= 4 is 16.7 Å². The van der Waals surface area contributed by atoms with E-state index in [2.05, 4.69) is 25.5 Å². The second-order valence-electron chi connectivity index (χ2n) is 6.32. The third-order valence-electron chi connectivity index (χ3n) is 4.47. The highest BCUT2D eigenvalue weighted by molar-refractivity contribution is 5.97. The van der Waals surface area contributed by atoms with Gasteiger partial charge in [0.05, 0.1) is 11.7 Å². The van der Waals surface area contributed by atoms with Gasteiger partial charge in [0.25, 0.3) is 0 Å². The Morgan fingerprint density at radius 1 is 1.19 bits per heavy atom. The molecule has 136 valence electrons. The Hall–Kier alpha value is -3.32. The van der Waals surface area contributed by atoms with Crippen molar-refractivity contribution in [2.24, 2.45) is 5.73 Å². The zero-order valence-corrected chi connectivity index (χ0v) is 14.8. The van der Waals surface area contributed by atoms with E-state index in [0.29, 0.717) is 24.7 Å². The summed E-state index contributed by atoms with van der Waals surface area (Å²) in [4.78, 5) is 7.97. The van der Waals surface area contributed by atoms with Gasteiger partial charge in [-0.15, -0.1) is 5.10 Å². The van der Waals surface area contributed by atoms with E-state index in [0.717, 1.165) is 33.3 Å². The van der Waals surface area contributed by atoms with Crippen LogP contribution in [0.15, 0.2) is 48.7 Å². The van der Waals surface area contributed by atoms with Crippen molar-refractivity contribution in [1.29, 1.82) is 0 Å². The highest BCUT2D eigenvalue weighted by atomic mass is 19.1. The molecule has 0 spiro atoms. The molecule has 0 bridgehead atoms. The van der Waals surface area contributed by atoms with Gasteiger partial charge in [-0.25, -0.2) is 9.37 Å². The predicted octanol–water partition coefficient (Wildman–Crippen LogP) is 3.54. The number of nitrogens with two attached hydrogens (primary N) is 1. The molecular weight excluding hydrogens is 343 g/mol. The first kappa shape index (κ1) is 17.1. The number of nitrogens with zero attached hydrogens (tertiary/aromatic N) is 3. The van der Waals surface area contributed by atoms with Crippen LogP contribution in [0.2, 0.25) is 0 Å². The van der Waals surface area contributed by atoms with Crippen molar-refractivity contribution in [2.45, 2.75) is 20.0 Å². The first-order valence-corrected chi connectivity index (χ1v) is 8.64. The Kier molecular flexibility index (Phi) is 4.52. The van der Waals surface area contributed by atoms with Crippen LogP contribution in [-0.2, 0) is 13.1 Å². The van der Waals surface area contributed by atoms with Crippen LogP contribution in [-0.4, -0.2) is 20.2 Å². The van der Waals surface area contributed by atoms with Crippen LogP contribution in [0.25, 0.3) is 22.3 Å². The molecule has 4 aromatic rings. The van der Waals surface area contributed by atoms with Crippen LogP contribution in [0.5, 0.6) is 0 Å². The Balaban J connectivity index is 1.67. The fourth-order valence-electron chi connectivity index (χ4n) is 3.20. The molecule has 2 heterocycles. The number of rotatable bonds is 5. The van der Waals surface area contributed by atoms with Crippen molar-refractivity contribution in [2.75, 3.05) is 5.32 Å². The maximum absolute atomic E-state index is 13.3. The molecule has 0 atom stereocenters. The monoisotopic (exact) mass is 362 g/mol. The van der Waals surface area contributed by atoms with Gasteiger partial charge in [0, 0.05) is 29.7 Å². The van der Waals surface area contributed by atoms with Crippen LogP contribution in [0.4, 0.5) is 10.2 Å². The number of para-hydroxylation sites is 1. The second-order valence-corrected chi connectivity index (χ2v) is 6.32. The van der Waals surface area contributed by atoms with Gasteiger partial charge in [0.1, 0.15) is 11.6 Å². The van der Waals surface area contributed by atoms with Crippen molar-refractivity contribution in [1.82, 2.24) is 20.2 Å². The molecule has 2 aromatic carbocycles. The number of aromatic nitrogens is 4. The van der Waals surface area contributed by atoms with E-state index >= 15 is 0 Å². The largest absolute Gasteiger partial charge is 0.365 e. The van der Waals surface area contributed by atoms with Crippen molar-refractivity contribution in [3.63, 3.8) is 0 Å². The summed E-state index contributed by atoms with van der Waals surface area (Å²) in [5.74, 6) is 0.839. The summed E-state index contributed by atoms with van der Waals surface area (Å²) in [6.07, 6.45) is 1.55. The minimum atomic E-state index is -0.263.